The molecule has 0 unspecified atom stereocenters. The van der Waals surface area contributed by atoms with E-state index >= 15 is 0 Å². The second-order valence-corrected chi connectivity index (χ2v) is 9.58. The van der Waals surface area contributed by atoms with Crippen LogP contribution in [0.5, 0.6) is 17.2 Å². The Morgan fingerprint density at radius 1 is 0.857 bits per heavy atom. The van der Waals surface area contributed by atoms with Crippen molar-refractivity contribution >= 4 is 5.91 Å². The third-order valence-electron chi connectivity index (χ3n) is 7.30. The number of hydrogen-bond acceptors (Lipinski definition) is 6. The highest BCUT2D eigenvalue weighted by atomic mass is 16.6. The third kappa shape index (κ3) is 5.57. The van der Waals surface area contributed by atoms with Gasteiger partial charge in [-0.2, -0.15) is 0 Å². The summed E-state index contributed by atoms with van der Waals surface area (Å²) >= 11 is 0. The minimum Gasteiger partial charge on any atom is -0.491 e. The number of piperidine rings is 1. The molecule has 5 rings (SSSR count). The molecule has 0 spiro atoms. The van der Waals surface area contributed by atoms with E-state index in [4.69, 9.17) is 18.9 Å². The third-order valence-corrected chi connectivity index (χ3v) is 7.30. The molecule has 3 aliphatic rings. The van der Waals surface area contributed by atoms with Gasteiger partial charge in [0.05, 0.1) is 17.7 Å². The first-order valence-electron chi connectivity index (χ1n) is 12.9. The van der Waals surface area contributed by atoms with E-state index in [0.717, 1.165) is 69.8 Å². The van der Waals surface area contributed by atoms with Gasteiger partial charge in [-0.3, -0.25) is 9.69 Å². The summed E-state index contributed by atoms with van der Waals surface area (Å²) in [4.78, 5) is 18.1. The number of fused-ring (bicyclic) bond motifs is 3. The number of ether oxygens (including phenoxy) is 4. The molecule has 0 aromatic heterocycles. The van der Waals surface area contributed by atoms with Crippen LogP contribution >= 0.6 is 0 Å². The average molecular weight is 481 g/mol. The number of methoxy groups -OCH3 is 1. The zero-order valence-corrected chi connectivity index (χ0v) is 20.6. The topological polar surface area (TPSA) is 60.5 Å². The summed E-state index contributed by atoms with van der Waals surface area (Å²) in [5, 5.41) is 0. The molecule has 188 valence electrons. The molecule has 1 amide bonds. The summed E-state index contributed by atoms with van der Waals surface area (Å²) in [7, 11) is 1.77. The van der Waals surface area contributed by atoms with Crippen LogP contribution in [-0.2, 0) is 11.3 Å². The van der Waals surface area contributed by atoms with Crippen molar-refractivity contribution < 1.29 is 23.7 Å². The summed E-state index contributed by atoms with van der Waals surface area (Å²) in [5.41, 5.74) is 1.85. The molecule has 2 aromatic rings. The molecule has 35 heavy (non-hydrogen) atoms. The molecule has 7 nitrogen and oxygen atoms in total. The van der Waals surface area contributed by atoms with Crippen LogP contribution in [0, 0.1) is 0 Å². The van der Waals surface area contributed by atoms with Crippen LogP contribution in [0.25, 0.3) is 0 Å². The van der Waals surface area contributed by atoms with Crippen molar-refractivity contribution in [3.63, 3.8) is 0 Å². The van der Waals surface area contributed by atoms with Gasteiger partial charge in [0.25, 0.3) is 5.91 Å². The largest absolute Gasteiger partial charge is 0.491 e. The maximum Gasteiger partial charge on any atom is 0.257 e. The van der Waals surface area contributed by atoms with E-state index in [1.54, 1.807) is 7.11 Å². The van der Waals surface area contributed by atoms with Crippen molar-refractivity contribution in [1.82, 2.24) is 9.80 Å². The number of rotatable bonds is 3. The molecule has 1 fully saturated rings. The zero-order valence-electron chi connectivity index (χ0n) is 20.6. The molecule has 0 bridgehead atoms. The van der Waals surface area contributed by atoms with Gasteiger partial charge >= 0.3 is 0 Å². The van der Waals surface area contributed by atoms with Gasteiger partial charge in [-0.1, -0.05) is 24.6 Å². The van der Waals surface area contributed by atoms with E-state index in [0.29, 0.717) is 31.1 Å². The Bertz CT molecular complexity index is 1010. The van der Waals surface area contributed by atoms with Gasteiger partial charge < -0.3 is 23.8 Å². The predicted molar refractivity (Wildman–Crippen MR) is 133 cm³/mol. The van der Waals surface area contributed by atoms with E-state index in [-0.39, 0.29) is 18.1 Å². The number of amides is 1. The highest BCUT2D eigenvalue weighted by Crippen LogP contribution is 2.32. The van der Waals surface area contributed by atoms with E-state index in [1.807, 2.05) is 35.2 Å². The molecular weight excluding hydrogens is 444 g/mol. The monoisotopic (exact) mass is 480 g/mol. The van der Waals surface area contributed by atoms with Crippen molar-refractivity contribution in [1.29, 1.82) is 0 Å². The first-order valence-corrected chi connectivity index (χ1v) is 12.9. The predicted octanol–water partition coefficient (Wildman–Crippen LogP) is 4.14. The maximum absolute atomic E-state index is 13.6. The Balaban J connectivity index is 1.34. The Labute approximate surface area is 207 Å². The van der Waals surface area contributed by atoms with Gasteiger partial charge in [0.2, 0.25) is 0 Å². The molecule has 2 aromatic carbocycles. The summed E-state index contributed by atoms with van der Waals surface area (Å²) < 4.78 is 23.5. The minimum absolute atomic E-state index is 0.0553. The number of carbonyl (C=O) groups excluding carboxylic acids is 1. The number of benzene rings is 2. The average Bonchev–Trinajstić information content (AvgIpc) is 2.91. The maximum atomic E-state index is 13.6. The fraction of sp³-hybridized carbons (Fsp3) is 0.536. The van der Waals surface area contributed by atoms with Gasteiger partial charge in [-0.15, -0.1) is 0 Å². The van der Waals surface area contributed by atoms with Crippen LogP contribution in [0.1, 0.15) is 48.0 Å². The van der Waals surface area contributed by atoms with Gasteiger partial charge in [-0.25, -0.2) is 0 Å². The number of hydrogen-bond donors (Lipinski definition) is 0. The van der Waals surface area contributed by atoms with E-state index in [2.05, 4.69) is 17.0 Å². The van der Waals surface area contributed by atoms with Crippen LogP contribution < -0.4 is 14.2 Å². The second kappa shape index (κ2) is 11.3. The normalized spacial score (nSPS) is 23.7. The summed E-state index contributed by atoms with van der Waals surface area (Å²) in [6, 6.07) is 14.0. The standard InChI is InChI=1S/C28H36N2O5/c1-32-25-10-6-14-30-23(25)8-4-5-13-29(15-16-33-24-9-3-2-7-22(24)28(30)31)20-21-11-12-26-27(19-21)35-18-17-34-26/h2-3,7,9,11-12,19,23,25H,4-6,8,10,13-18,20H2,1H3/t23-,25-/m0/s1. The molecule has 3 aliphatic heterocycles. The highest BCUT2D eigenvalue weighted by molar-refractivity contribution is 5.97. The molecule has 3 heterocycles. The molecule has 0 N–H and O–H groups in total. The van der Waals surface area contributed by atoms with Crippen molar-refractivity contribution in [2.45, 2.75) is 50.8 Å². The van der Waals surface area contributed by atoms with Crippen LogP contribution in [-0.4, -0.2) is 74.4 Å². The summed E-state index contributed by atoms with van der Waals surface area (Å²) in [6.45, 7) is 5.06. The fourth-order valence-corrected chi connectivity index (χ4v) is 5.50. The summed E-state index contributed by atoms with van der Waals surface area (Å²) in [6.07, 6.45) is 5.11. The van der Waals surface area contributed by atoms with E-state index < -0.39 is 0 Å². The second-order valence-electron chi connectivity index (χ2n) is 9.58. The van der Waals surface area contributed by atoms with E-state index in [1.165, 1.54) is 5.56 Å². The van der Waals surface area contributed by atoms with Gasteiger partial charge in [0.1, 0.15) is 25.6 Å². The molecule has 0 saturated carbocycles. The minimum atomic E-state index is 0.0553. The Morgan fingerprint density at radius 2 is 1.69 bits per heavy atom. The molecule has 0 radical (unpaired) electrons. The lowest BCUT2D eigenvalue weighted by molar-refractivity contribution is -0.0155. The van der Waals surface area contributed by atoms with Crippen LogP contribution in [0.2, 0.25) is 0 Å². The molecule has 0 aliphatic carbocycles. The number of carbonyl (C=O) groups is 1. The Hall–Kier alpha value is -2.77. The van der Waals surface area contributed by atoms with Gasteiger partial charge in [-0.05, 0) is 62.1 Å². The lowest BCUT2D eigenvalue weighted by Gasteiger charge is -2.41. The smallest absolute Gasteiger partial charge is 0.257 e. The molecule has 1 saturated heterocycles. The Kier molecular flexibility index (Phi) is 7.74. The Morgan fingerprint density at radius 3 is 2.57 bits per heavy atom. The van der Waals surface area contributed by atoms with E-state index in [9.17, 15) is 4.79 Å². The van der Waals surface area contributed by atoms with Gasteiger partial charge in [0.15, 0.2) is 11.5 Å². The lowest BCUT2D eigenvalue weighted by atomic mass is 9.93. The quantitative estimate of drug-likeness (QED) is 0.658. The van der Waals surface area contributed by atoms with Crippen molar-refractivity contribution in [3.05, 3.63) is 53.6 Å². The zero-order chi connectivity index (χ0) is 24.0. The molecule has 2 atom stereocenters. The first-order chi connectivity index (χ1) is 17.2. The van der Waals surface area contributed by atoms with Crippen LogP contribution in [0.4, 0.5) is 0 Å². The SMILES string of the molecule is CO[C@H]1CCCN2C(=O)c3ccccc3OCCN(Cc3ccc4c(c3)OCCO4)CCCC[C@@H]12. The van der Waals surface area contributed by atoms with Crippen LogP contribution in [0.15, 0.2) is 42.5 Å². The number of para-hydroxylation sites is 1. The molecule has 7 heteroatoms. The van der Waals surface area contributed by atoms with Gasteiger partial charge in [0, 0.05) is 26.7 Å². The van der Waals surface area contributed by atoms with Crippen molar-refractivity contribution in [3.8, 4) is 17.2 Å². The highest BCUT2D eigenvalue weighted by Gasteiger charge is 2.35. The summed E-state index contributed by atoms with van der Waals surface area (Å²) in [5.74, 6) is 2.36. The first kappa shape index (κ1) is 23.9. The van der Waals surface area contributed by atoms with Crippen LogP contribution in [0.3, 0.4) is 0 Å². The molecular formula is C28H36N2O5. The van der Waals surface area contributed by atoms with Crippen molar-refractivity contribution in [2.75, 3.05) is 46.6 Å². The number of nitrogens with zero attached hydrogens (tertiary/aromatic N) is 2. The van der Waals surface area contributed by atoms with Crippen molar-refractivity contribution in [2.24, 2.45) is 0 Å². The lowest BCUT2D eigenvalue weighted by Crippen LogP contribution is -2.51. The fourth-order valence-electron chi connectivity index (χ4n) is 5.50.